The number of nitrogens with zero attached hydrogens (tertiary/aromatic N) is 2. The maximum Gasteiger partial charge on any atom is 0.338 e. The van der Waals surface area contributed by atoms with Crippen molar-refractivity contribution in [1.29, 1.82) is 0 Å². The van der Waals surface area contributed by atoms with Crippen molar-refractivity contribution in [3.63, 3.8) is 0 Å². The smallest absolute Gasteiger partial charge is 0.338 e. The Bertz CT molecular complexity index is 2020. The molecule has 0 saturated carbocycles. The summed E-state index contributed by atoms with van der Waals surface area (Å²) in [5, 5.41) is 9.33. The van der Waals surface area contributed by atoms with Gasteiger partial charge in [-0.1, -0.05) is 84.1 Å². The minimum atomic E-state index is -1.03. The number of aromatic carboxylic acids is 1. The van der Waals surface area contributed by atoms with Crippen LogP contribution in [-0.2, 0) is 9.53 Å². The molecule has 208 valence electrons. The molecule has 1 N–H and O–H groups in total. The molecule has 0 fully saturated rings. The zero-order chi connectivity index (χ0) is 29.2. The predicted molar refractivity (Wildman–Crippen MR) is 159 cm³/mol. The number of fused-ring (bicyclic) bond motifs is 1. The van der Waals surface area contributed by atoms with Crippen molar-refractivity contribution in [2.45, 2.75) is 13.0 Å². The number of esters is 1. The molecule has 1 atom stereocenters. The van der Waals surface area contributed by atoms with E-state index in [9.17, 15) is 19.5 Å². The van der Waals surface area contributed by atoms with Crippen LogP contribution in [0.3, 0.4) is 0 Å². The van der Waals surface area contributed by atoms with Crippen molar-refractivity contribution in [2.75, 3.05) is 6.61 Å². The van der Waals surface area contributed by atoms with Gasteiger partial charge in [0, 0.05) is 17.2 Å². The first-order chi connectivity index (χ1) is 20.4. The highest BCUT2D eigenvalue weighted by Crippen LogP contribution is 2.35. The number of rotatable bonds is 7. The summed E-state index contributed by atoms with van der Waals surface area (Å²) < 4.78 is 13.4. The molecule has 42 heavy (non-hydrogen) atoms. The molecule has 0 aliphatic carbocycles. The van der Waals surface area contributed by atoms with Crippen LogP contribution in [0, 0.1) is 0 Å². The van der Waals surface area contributed by atoms with E-state index in [1.807, 2.05) is 60.7 Å². The monoisotopic (exact) mass is 576 g/mol. The Kier molecular flexibility index (Phi) is 7.24. The molecule has 0 bridgehead atoms. The molecule has 0 unspecified atom stereocenters. The number of ether oxygens (including phenoxy) is 1. The van der Waals surface area contributed by atoms with Gasteiger partial charge in [-0.2, -0.15) is 0 Å². The fourth-order valence-corrected chi connectivity index (χ4v) is 5.89. The molecule has 0 spiro atoms. The Morgan fingerprint density at radius 2 is 1.69 bits per heavy atom. The van der Waals surface area contributed by atoms with Gasteiger partial charge in [0.2, 0.25) is 0 Å². The van der Waals surface area contributed by atoms with Crippen molar-refractivity contribution in [3.8, 4) is 11.3 Å². The Morgan fingerprint density at radius 3 is 2.40 bits per heavy atom. The molecule has 1 aliphatic heterocycles. The van der Waals surface area contributed by atoms with Crippen LogP contribution in [0.1, 0.15) is 40.2 Å². The van der Waals surface area contributed by atoms with Crippen molar-refractivity contribution in [3.05, 3.63) is 145 Å². The van der Waals surface area contributed by atoms with Crippen LogP contribution in [0.2, 0.25) is 0 Å². The van der Waals surface area contributed by atoms with Crippen LogP contribution in [0.5, 0.6) is 0 Å². The van der Waals surface area contributed by atoms with E-state index in [1.165, 1.54) is 28.0 Å². The summed E-state index contributed by atoms with van der Waals surface area (Å²) in [4.78, 5) is 44.1. The van der Waals surface area contributed by atoms with Crippen LogP contribution >= 0.6 is 11.3 Å². The lowest BCUT2D eigenvalue weighted by Crippen LogP contribution is -2.39. The van der Waals surface area contributed by atoms with Gasteiger partial charge in [-0.25, -0.2) is 14.6 Å². The van der Waals surface area contributed by atoms with Gasteiger partial charge in [0.25, 0.3) is 5.56 Å². The molecular formula is C33H24N2O6S. The average Bonchev–Trinajstić information content (AvgIpc) is 3.61. The molecule has 2 aromatic heterocycles. The highest BCUT2D eigenvalue weighted by molar-refractivity contribution is 7.07. The molecular weight excluding hydrogens is 552 g/mol. The minimum absolute atomic E-state index is 0.145. The molecule has 3 aromatic carbocycles. The summed E-state index contributed by atoms with van der Waals surface area (Å²) in [5.74, 6) is -0.687. The van der Waals surface area contributed by atoms with Crippen molar-refractivity contribution in [2.24, 2.45) is 4.99 Å². The number of aromatic nitrogens is 1. The average molecular weight is 577 g/mol. The van der Waals surface area contributed by atoms with E-state index in [0.717, 1.165) is 11.1 Å². The molecule has 0 radical (unpaired) electrons. The van der Waals surface area contributed by atoms with Crippen LogP contribution in [0.15, 0.2) is 117 Å². The second-order valence-corrected chi connectivity index (χ2v) is 10.4. The maximum atomic E-state index is 14.0. The SMILES string of the molecule is CCOC(=O)C1=C(c2ccccc2)N=c2s/c(=C\c3ccc(-c4cccc(C(=O)O)c4)o3)c(=O)n2[C@H]1c1ccccc1. The van der Waals surface area contributed by atoms with E-state index in [1.54, 1.807) is 37.3 Å². The zero-order valence-corrected chi connectivity index (χ0v) is 23.2. The summed E-state index contributed by atoms with van der Waals surface area (Å²) >= 11 is 1.20. The quantitative estimate of drug-likeness (QED) is 0.276. The highest BCUT2D eigenvalue weighted by Gasteiger charge is 2.35. The highest BCUT2D eigenvalue weighted by atomic mass is 32.1. The van der Waals surface area contributed by atoms with Crippen LogP contribution in [0.4, 0.5) is 0 Å². The molecule has 5 aromatic rings. The zero-order valence-electron chi connectivity index (χ0n) is 22.4. The van der Waals surface area contributed by atoms with E-state index >= 15 is 0 Å². The number of thiazole rings is 1. The van der Waals surface area contributed by atoms with Gasteiger partial charge in [-0.3, -0.25) is 9.36 Å². The standard InChI is InChI=1S/C33H24N2O6S/c1-2-40-32(39)27-28(20-10-5-3-6-11-20)34-33-35(29(27)21-12-7-4-8-13-21)30(36)26(42-33)19-24-16-17-25(41-24)22-14-9-15-23(18-22)31(37)38/h3-19,29H,2H2,1H3,(H,37,38)/b26-19-/t29-/m0/s1. The number of benzene rings is 3. The molecule has 3 heterocycles. The lowest BCUT2D eigenvalue weighted by molar-refractivity contribution is -0.138. The first kappa shape index (κ1) is 26.9. The number of furan rings is 1. The number of hydrogen-bond acceptors (Lipinski definition) is 7. The normalized spacial score (nSPS) is 14.8. The van der Waals surface area contributed by atoms with E-state index in [4.69, 9.17) is 14.1 Å². The van der Waals surface area contributed by atoms with Gasteiger partial charge in [0.1, 0.15) is 11.5 Å². The first-order valence-electron chi connectivity index (χ1n) is 13.2. The second-order valence-electron chi connectivity index (χ2n) is 9.43. The first-order valence-corrected chi connectivity index (χ1v) is 14.0. The van der Waals surface area contributed by atoms with Gasteiger partial charge in [0.05, 0.1) is 34.0 Å². The fraction of sp³-hybridized carbons (Fsp3) is 0.0909. The Hall–Kier alpha value is -5.28. The fourth-order valence-electron chi connectivity index (χ4n) is 4.91. The van der Waals surface area contributed by atoms with E-state index in [-0.39, 0.29) is 23.3 Å². The molecule has 9 heteroatoms. The number of hydrogen-bond donors (Lipinski definition) is 1. The molecule has 6 rings (SSSR count). The topological polar surface area (TPSA) is 111 Å². The summed E-state index contributed by atoms with van der Waals surface area (Å²) in [6.45, 7) is 1.91. The maximum absolute atomic E-state index is 14.0. The van der Waals surface area contributed by atoms with Crippen molar-refractivity contribution >= 4 is 35.0 Å². The minimum Gasteiger partial charge on any atom is -0.478 e. The number of carboxylic acids is 1. The van der Waals surface area contributed by atoms with Crippen molar-refractivity contribution < 1.29 is 23.8 Å². The third-order valence-electron chi connectivity index (χ3n) is 6.78. The van der Waals surface area contributed by atoms with Gasteiger partial charge in [0.15, 0.2) is 4.80 Å². The predicted octanol–water partition coefficient (Wildman–Crippen LogP) is 4.89. The summed E-state index contributed by atoms with van der Waals surface area (Å²) in [7, 11) is 0. The number of carbonyl (C=O) groups excluding carboxylic acids is 1. The van der Waals surface area contributed by atoms with Gasteiger partial charge >= 0.3 is 11.9 Å². The Morgan fingerprint density at radius 1 is 0.976 bits per heavy atom. The van der Waals surface area contributed by atoms with Crippen LogP contribution in [-0.4, -0.2) is 28.2 Å². The summed E-state index contributed by atoms with van der Waals surface area (Å²) in [5.41, 5.74) is 2.64. The van der Waals surface area contributed by atoms with Crippen LogP contribution < -0.4 is 14.9 Å². The van der Waals surface area contributed by atoms with E-state index in [0.29, 0.717) is 32.1 Å². The van der Waals surface area contributed by atoms with Crippen molar-refractivity contribution in [1.82, 2.24) is 4.57 Å². The molecule has 8 nitrogen and oxygen atoms in total. The largest absolute Gasteiger partial charge is 0.478 e. The number of carbonyl (C=O) groups is 2. The Balaban J connectivity index is 1.53. The van der Waals surface area contributed by atoms with Crippen LogP contribution in [0.25, 0.3) is 23.1 Å². The van der Waals surface area contributed by atoms with E-state index < -0.39 is 18.0 Å². The number of carboxylic acid groups (broad SMARTS) is 1. The molecule has 1 aliphatic rings. The van der Waals surface area contributed by atoms with Gasteiger partial charge in [-0.15, -0.1) is 0 Å². The Labute approximate surface area is 243 Å². The molecule has 0 amide bonds. The lowest BCUT2D eigenvalue weighted by Gasteiger charge is -2.25. The van der Waals surface area contributed by atoms with E-state index in [2.05, 4.69) is 0 Å². The third-order valence-corrected chi connectivity index (χ3v) is 7.77. The van der Waals surface area contributed by atoms with Gasteiger partial charge in [-0.05, 0) is 36.8 Å². The summed E-state index contributed by atoms with van der Waals surface area (Å²) in [6.07, 6.45) is 1.63. The van der Waals surface area contributed by atoms with Gasteiger partial charge < -0.3 is 14.3 Å². The lowest BCUT2D eigenvalue weighted by atomic mass is 9.93. The molecule has 0 saturated heterocycles. The second kappa shape index (κ2) is 11.3. The third kappa shape index (κ3) is 5.02. The summed E-state index contributed by atoms with van der Waals surface area (Å²) in [6, 6.07) is 27.8.